The number of allylic oxidation sites excluding steroid dienone is 1. The first-order valence-corrected chi connectivity index (χ1v) is 18.8. The number of hydrogen-bond donors (Lipinski definition) is 1. The standard InChI is InChI=1S/C36H62BrNO6/c1-26(2)7-6-8-27(3)31-11-12-32-30-10-9-28-21-29(13-15-35(28,4)33(30)14-16-36(31,32)5)44-20-19-41-24-43-25-42-23-40-18-17-38-34(39)22-37/h9,26-27,29-33H,6-8,10-25H2,1-5H3,(H,38,39)/t27-,29+,30+,31-,32+,33+,35+,36-/m1/s1. The van der Waals surface area contributed by atoms with Crippen LogP contribution in [0.1, 0.15) is 105 Å². The Morgan fingerprint density at radius 3 is 2.43 bits per heavy atom. The Balaban J connectivity index is 1.12. The van der Waals surface area contributed by atoms with Gasteiger partial charge >= 0.3 is 0 Å². The second-order valence-electron chi connectivity index (χ2n) is 15.1. The van der Waals surface area contributed by atoms with Gasteiger partial charge in [-0.15, -0.1) is 0 Å². The van der Waals surface area contributed by atoms with Crippen LogP contribution in [0.15, 0.2) is 11.6 Å². The van der Waals surface area contributed by atoms with Gasteiger partial charge in [-0.25, -0.2) is 0 Å². The zero-order valence-corrected chi connectivity index (χ0v) is 30.0. The summed E-state index contributed by atoms with van der Waals surface area (Å²) in [6, 6.07) is 0. The van der Waals surface area contributed by atoms with Crippen molar-refractivity contribution >= 4 is 21.8 Å². The molecule has 0 spiro atoms. The molecule has 0 radical (unpaired) electrons. The normalized spacial score (nSPS) is 33.8. The average molecular weight is 685 g/mol. The maximum absolute atomic E-state index is 11.1. The molecule has 0 aliphatic heterocycles. The molecular formula is C36H62BrNO6. The van der Waals surface area contributed by atoms with Gasteiger partial charge in [-0.1, -0.05) is 81.5 Å². The lowest BCUT2D eigenvalue weighted by Crippen LogP contribution is -2.51. The third kappa shape index (κ3) is 9.31. The highest BCUT2D eigenvalue weighted by molar-refractivity contribution is 9.09. The SMILES string of the molecule is CC(C)CCC[C@@H](C)[C@H]1CC[C@H]2[C@@H]3CC=C4C[C@@H](OCCOCOCOCOCCNC(=O)CBr)CC[C@]4(C)[C@H]3CC[C@]12C. The minimum Gasteiger partial charge on any atom is -0.375 e. The number of carbonyl (C=O) groups excluding carboxylic acids is 1. The van der Waals surface area contributed by atoms with Crippen LogP contribution in [-0.2, 0) is 28.5 Å². The molecule has 0 bridgehead atoms. The van der Waals surface area contributed by atoms with Crippen molar-refractivity contribution in [2.45, 2.75) is 111 Å². The van der Waals surface area contributed by atoms with Gasteiger partial charge < -0.3 is 29.0 Å². The number of alkyl halides is 1. The summed E-state index contributed by atoms with van der Waals surface area (Å²) in [5, 5.41) is 2.99. The van der Waals surface area contributed by atoms with Crippen molar-refractivity contribution < 1.29 is 28.5 Å². The third-order valence-electron chi connectivity index (χ3n) is 12.0. The molecule has 3 saturated carbocycles. The summed E-state index contributed by atoms with van der Waals surface area (Å²) in [6.07, 6.45) is 17.7. The van der Waals surface area contributed by atoms with Crippen molar-refractivity contribution in [3.05, 3.63) is 11.6 Å². The minimum atomic E-state index is -0.0632. The van der Waals surface area contributed by atoms with Gasteiger partial charge in [0.05, 0.1) is 31.3 Å². The first kappa shape index (κ1) is 36.3. The molecule has 0 aromatic carbocycles. The highest BCUT2D eigenvalue weighted by Crippen LogP contribution is 2.67. The molecule has 0 aromatic rings. The Labute approximate surface area is 276 Å². The van der Waals surface area contributed by atoms with E-state index in [1.54, 1.807) is 5.57 Å². The van der Waals surface area contributed by atoms with Gasteiger partial charge in [0, 0.05) is 6.54 Å². The molecule has 3 fully saturated rings. The number of fused-ring (bicyclic) bond motifs is 5. The summed E-state index contributed by atoms with van der Waals surface area (Å²) in [6.45, 7) is 14.9. The fraction of sp³-hybridized carbons (Fsp3) is 0.917. The predicted molar refractivity (Wildman–Crippen MR) is 178 cm³/mol. The molecule has 1 N–H and O–H groups in total. The summed E-state index contributed by atoms with van der Waals surface area (Å²) in [5.74, 6) is 5.21. The van der Waals surface area contributed by atoms with Crippen LogP contribution < -0.4 is 5.32 Å². The maximum atomic E-state index is 11.1. The highest BCUT2D eigenvalue weighted by Gasteiger charge is 2.59. The van der Waals surface area contributed by atoms with Crippen LogP contribution in [0, 0.1) is 46.3 Å². The largest absolute Gasteiger partial charge is 0.375 e. The first-order chi connectivity index (χ1) is 21.2. The lowest BCUT2D eigenvalue weighted by atomic mass is 9.47. The average Bonchev–Trinajstić information content (AvgIpc) is 3.36. The Bertz CT molecular complexity index is 915. The lowest BCUT2D eigenvalue weighted by Gasteiger charge is -2.58. The van der Waals surface area contributed by atoms with Crippen LogP contribution in [0.5, 0.6) is 0 Å². The molecule has 4 rings (SSSR count). The van der Waals surface area contributed by atoms with Crippen molar-refractivity contribution in [1.82, 2.24) is 5.32 Å². The number of amides is 1. The van der Waals surface area contributed by atoms with Gasteiger partial charge in [0.2, 0.25) is 5.91 Å². The highest BCUT2D eigenvalue weighted by atomic mass is 79.9. The van der Waals surface area contributed by atoms with Crippen LogP contribution in [0.2, 0.25) is 0 Å². The molecule has 44 heavy (non-hydrogen) atoms. The van der Waals surface area contributed by atoms with Crippen molar-refractivity contribution in [1.29, 1.82) is 0 Å². The van der Waals surface area contributed by atoms with Crippen LogP contribution in [-0.4, -0.2) is 64.1 Å². The summed E-state index contributed by atoms with van der Waals surface area (Å²) in [4.78, 5) is 11.1. The van der Waals surface area contributed by atoms with Gasteiger partial charge in [0.1, 0.15) is 13.6 Å². The van der Waals surface area contributed by atoms with Gasteiger partial charge in [-0.3, -0.25) is 4.79 Å². The van der Waals surface area contributed by atoms with E-state index in [0.29, 0.717) is 48.6 Å². The summed E-state index contributed by atoms with van der Waals surface area (Å²) >= 11 is 3.10. The van der Waals surface area contributed by atoms with E-state index in [-0.39, 0.29) is 26.3 Å². The number of rotatable bonds is 19. The lowest BCUT2D eigenvalue weighted by molar-refractivity contribution is -0.173. The molecule has 0 saturated heterocycles. The van der Waals surface area contributed by atoms with Crippen LogP contribution in [0.25, 0.3) is 0 Å². The zero-order valence-electron chi connectivity index (χ0n) is 28.4. The van der Waals surface area contributed by atoms with Gasteiger partial charge in [0.25, 0.3) is 0 Å². The Morgan fingerprint density at radius 2 is 1.68 bits per heavy atom. The Morgan fingerprint density at radius 1 is 0.932 bits per heavy atom. The molecule has 4 aliphatic carbocycles. The zero-order chi connectivity index (χ0) is 31.6. The smallest absolute Gasteiger partial charge is 0.230 e. The van der Waals surface area contributed by atoms with Crippen LogP contribution in [0.3, 0.4) is 0 Å². The quantitative estimate of drug-likeness (QED) is 0.0647. The number of halogens is 1. The molecule has 1 amide bonds. The topological polar surface area (TPSA) is 75.2 Å². The number of nitrogens with one attached hydrogen (secondary N) is 1. The fourth-order valence-electron chi connectivity index (χ4n) is 9.74. The molecule has 8 heteroatoms. The molecule has 8 atom stereocenters. The second-order valence-corrected chi connectivity index (χ2v) is 15.6. The van der Waals surface area contributed by atoms with Gasteiger partial charge in [-0.2, -0.15) is 0 Å². The number of ether oxygens (including phenoxy) is 5. The Hall–Kier alpha value is -0.510. The molecule has 0 unspecified atom stereocenters. The van der Waals surface area contributed by atoms with Crippen LogP contribution >= 0.6 is 15.9 Å². The van der Waals surface area contributed by atoms with E-state index < -0.39 is 0 Å². The van der Waals surface area contributed by atoms with E-state index in [1.165, 1.54) is 57.8 Å². The summed E-state index contributed by atoms with van der Waals surface area (Å²) < 4.78 is 27.7. The van der Waals surface area contributed by atoms with E-state index >= 15 is 0 Å². The third-order valence-corrected chi connectivity index (χ3v) is 12.5. The van der Waals surface area contributed by atoms with E-state index in [0.717, 1.165) is 48.3 Å². The van der Waals surface area contributed by atoms with Crippen LogP contribution in [0.4, 0.5) is 0 Å². The molecule has 4 aliphatic rings. The van der Waals surface area contributed by atoms with Crippen molar-refractivity contribution in [3.8, 4) is 0 Å². The fourth-order valence-corrected chi connectivity index (χ4v) is 9.94. The van der Waals surface area contributed by atoms with Gasteiger partial charge in [-0.05, 0) is 97.7 Å². The van der Waals surface area contributed by atoms with E-state index in [2.05, 4.69) is 61.9 Å². The minimum absolute atomic E-state index is 0.0632. The molecular weight excluding hydrogens is 622 g/mol. The Kier molecular flexibility index (Phi) is 14.5. The van der Waals surface area contributed by atoms with Crippen molar-refractivity contribution in [2.24, 2.45) is 46.3 Å². The van der Waals surface area contributed by atoms with E-state index in [9.17, 15) is 4.79 Å². The first-order valence-electron chi connectivity index (χ1n) is 17.6. The van der Waals surface area contributed by atoms with Gasteiger partial charge in [0.15, 0.2) is 6.79 Å². The molecule has 7 nitrogen and oxygen atoms in total. The van der Waals surface area contributed by atoms with E-state index in [1.807, 2.05) is 0 Å². The molecule has 254 valence electrons. The maximum Gasteiger partial charge on any atom is 0.230 e. The molecule has 0 heterocycles. The number of hydrogen-bond acceptors (Lipinski definition) is 6. The molecule has 0 aromatic heterocycles. The number of carbonyl (C=O) groups is 1. The summed E-state index contributed by atoms with van der Waals surface area (Å²) in [5.41, 5.74) is 2.60. The summed E-state index contributed by atoms with van der Waals surface area (Å²) in [7, 11) is 0. The van der Waals surface area contributed by atoms with Crippen molar-refractivity contribution in [3.63, 3.8) is 0 Å². The monoisotopic (exact) mass is 683 g/mol. The second kappa shape index (κ2) is 17.6. The van der Waals surface area contributed by atoms with E-state index in [4.69, 9.17) is 23.7 Å². The predicted octanol–water partition coefficient (Wildman–Crippen LogP) is 7.86. The van der Waals surface area contributed by atoms with Crippen molar-refractivity contribution in [2.75, 3.05) is 52.1 Å².